The number of carbonyl (C=O) groups excluding carboxylic acids is 2. The third-order valence-electron chi connectivity index (χ3n) is 7.42. The molecule has 2 fully saturated rings. The maximum absolute atomic E-state index is 13.8. The van der Waals surface area contributed by atoms with Crippen molar-refractivity contribution in [2.45, 2.75) is 58.8 Å². The summed E-state index contributed by atoms with van der Waals surface area (Å²) in [5.41, 5.74) is 2.77. The van der Waals surface area contributed by atoms with E-state index in [0.717, 1.165) is 25.1 Å². The highest BCUT2D eigenvalue weighted by atomic mass is 32.1. The molecule has 2 saturated heterocycles. The standard InChI is InChI=1S/C28H33N3O2S/c1-5-24-22(21-8-6-7-9-25(21)34-24)17-29-14-15-30-23(18-29)26(32)31(28(3,4)27(30)33)16-20-12-10-19(2)11-13-20/h6-13,23H,5,14-18H2,1-4H3. The fourth-order valence-electron chi connectivity index (χ4n) is 5.34. The van der Waals surface area contributed by atoms with E-state index < -0.39 is 11.6 Å². The Bertz CT molecular complexity index is 1230. The summed E-state index contributed by atoms with van der Waals surface area (Å²) in [7, 11) is 0. The van der Waals surface area contributed by atoms with Crippen LogP contribution in [-0.4, -0.2) is 57.7 Å². The van der Waals surface area contributed by atoms with Gasteiger partial charge in [0.05, 0.1) is 0 Å². The predicted octanol–water partition coefficient (Wildman–Crippen LogP) is 4.61. The van der Waals surface area contributed by atoms with Gasteiger partial charge in [-0.1, -0.05) is 55.0 Å². The van der Waals surface area contributed by atoms with Gasteiger partial charge in [-0.15, -0.1) is 11.3 Å². The molecule has 178 valence electrons. The van der Waals surface area contributed by atoms with Gasteiger partial charge in [0, 0.05) is 42.3 Å². The van der Waals surface area contributed by atoms with Crippen LogP contribution in [-0.2, 0) is 29.1 Å². The number of piperazine rings is 2. The Morgan fingerprint density at radius 2 is 1.74 bits per heavy atom. The number of aryl methyl sites for hydroxylation is 2. The predicted molar refractivity (Wildman–Crippen MR) is 138 cm³/mol. The number of hydrogen-bond donors (Lipinski definition) is 0. The molecule has 6 heteroatoms. The minimum absolute atomic E-state index is 0.0547. The van der Waals surface area contributed by atoms with Gasteiger partial charge in [-0.2, -0.15) is 0 Å². The van der Waals surface area contributed by atoms with Crippen LogP contribution in [0.15, 0.2) is 48.5 Å². The summed E-state index contributed by atoms with van der Waals surface area (Å²) < 4.78 is 1.32. The summed E-state index contributed by atoms with van der Waals surface area (Å²) >= 11 is 1.87. The van der Waals surface area contributed by atoms with Crippen molar-refractivity contribution >= 4 is 33.2 Å². The van der Waals surface area contributed by atoms with Crippen LogP contribution >= 0.6 is 11.3 Å². The van der Waals surface area contributed by atoms with Crippen molar-refractivity contribution in [3.05, 3.63) is 70.1 Å². The molecule has 2 aliphatic heterocycles. The van der Waals surface area contributed by atoms with Crippen molar-refractivity contribution < 1.29 is 9.59 Å². The van der Waals surface area contributed by atoms with E-state index in [1.165, 1.54) is 26.1 Å². The Labute approximate surface area is 206 Å². The van der Waals surface area contributed by atoms with Crippen molar-refractivity contribution in [1.29, 1.82) is 0 Å². The Balaban J connectivity index is 1.39. The lowest BCUT2D eigenvalue weighted by atomic mass is 9.91. The topological polar surface area (TPSA) is 43.9 Å². The van der Waals surface area contributed by atoms with Crippen LogP contribution in [0.3, 0.4) is 0 Å². The van der Waals surface area contributed by atoms with Gasteiger partial charge in [-0.25, -0.2) is 0 Å². The van der Waals surface area contributed by atoms with Crippen molar-refractivity contribution in [2.24, 2.45) is 0 Å². The summed E-state index contributed by atoms with van der Waals surface area (Å²) in [6, 6.07) is 16.4. The van der Waals surface area contributed by atoms with Gasteiger partial charge in [0.2, 0.25) is 11.8 Å². The fraction of sp³-hybridized carbons (Fsp3) is 0.429. The molecule has 3 heterocycles. The zero-order chi connectivity index (χ0) is 24.0. The molecule has 0 N–H and O–H groups in total. The lowest BCUT2D eigenvalue weighted by Gasteiger charge is -2.52. The molecule has 0 saturated carbocycles. The van der Waals surface area contributed by atoms with Crippen molar-refractivity contribution in [2.75, 3.05) is 19.6 Å². The zero-order valence-corrected chi connectivity index (χ0v) is 21.3. The molecule has 1 atom stereocenters. The van der Waals surface area contributed by atoms with Crippen LogP contribution in [0.2, 0.25) is 0 Å². The minimum atomic E-state index is -0.848. The highest BCUT2D eigenvalue weighted by Crippen LogP contribution is 2.35. The maximum Gasteiger partial charge on any atom is 0.248 e. The highest BCUT2D eigenvalue weighted by molar-refractivity contribution is 7.19. The monoisotopic (exact) mass is 475 g/mol. The molecule has 0 bridgehead atoms. The van der Waals surface area contributed by atoms with E-state index in [9.17, 15) is 9.59 Å². The Hall–Kier alpha value is -2.70. The van der Waals surface area contributed by atoms with E-state index in [0.29, 0.717) is 19.6 Å². The second kappa shape index (κ2) is 8.82. The molecule has 2 aliphatic rings. The second-order valence-electron chi connectivity index (χ2n) is 10.1. The summed E-state index contributed by atoms with van der Waals surface area (Å²) in [4.78, 5) is 34.7. The normalized spacial score (nSPS) is 20.8. The molecule has 5 nitrogen and oxygen atoms in total. The number of benzene rings is 2. The molecule has 0 spiro atoms. The van der Waals surface area contributed by atoms with Gasteiger partial charge in [0.25, 0.3) is 0 Å². The molecule has 1 aromatic heterocycles. The molecule has 5 rings (SSSR count). The van der Waals surface area contributed by atoms with Gasteiger partial charge >= 0.3 is 0 Å². The number of hydrogen-bond acceptors (Lipinski definition) is 4. The molecule has 0 aliphatic carbocycles. The van der Waals surface area contributed by atoms with E-state index in [4.69, 9.17) is 0 Å². The SMILES string of the molecule is CCc1sc2ccccc2c1CN1CCN2C(=O)C(C)(C)N(Cc3ccc(C)cc3)C(=O)C2C1. The first-order valence-electron chi connectivity index (χ1n) is 12.2. The summed E-state index contributed by atoms with van der Waals surface area (Å²) in [5, 5.41) is 1.32. The highest BCUT2D eigenvalue weighted by Gasteiger charge is 2.52. The summed E-state index contributed by atoms with van der Waals surface area (Å²) in [5.74, 6) is 0.111. The average Bonchev–Trinajstić information content (AvgIpc) is 3.19. The van der Waals surface area contributed by atoms with E-state index in [1.807, 2.05) is 30.1 Å². The molecule has 2 amide bonds. The quantitative estimate of drug-likeness (QED) is 0.542. The van der Waals surface area contributed by atoms with Crippen LogP contribution in [0, 0.1) is 6.92 Å². The number of nitrogens with zero attached hydrogens (tertiary/aromatic N) is 3. The number of fused-ring (bicyclic) bond motifs is 2. The smallest absolute Gasteiger partial charge is 0.248 e. The molecule has 3 aromatic rings. The zero-order valence-electron chi connectivity index (χ0n) is 20.5. The number of carbonyl (C=O) groups is 2. The van der Waals surface area contributed by atoms with Crippen LogP contribution in [0.25, 0.3) is 10.1 Å². The van der Waals surface area contributed by atoms with Gasteiger partial charge in [-0.05, 0) is 49.8 Å². The van der Waals surface area contributed by atoms with E-state index in [2.05, 4.69) is 67.3 Å². The lowest BCUT2D eigenvalue weighted by molar-refractivity contribution is -0.173. The van der Waals surface area contributed by atoms with Crippen molar-refractivity contribution in [1.82, 2.24) is 14.7 Å². The van der Waals surface area contributed by atoms with Gasteiger partial charge in [0.1, 0.15) is 11.6 Å². The Morgan fingerprint density at radius 3 is 2.47 bits per heavy atom. The van der Waals surface area contributed by atoms with Crippen molar-refractivity contribution in [3.63, 3.8) is 0 Å². The Morgan fingerprint density at radius 1 is 1.00 bits per heavy atom. The van der Waals surface area contributed by atoms with Crippen LogP contribution in [0.5, 0.6) is 0 Å². The van der Waals surface area contributed by atoms with Gasteiger partial charge in [-0.3, -0.25) is 14.5 Å². The van der Waals surface area contributed by atoms with Gasteiger partial charge < -0.3 is 9.80 Å². The summed E-state index contributed by atoms with van der Waals surface area (Å²) in [6.07, 6.45) is 1.01. The van der Waals surface area contributed by atoms with Crippen LogP contribution < -0.4 is 0 Å². The van der Waals surface area contributed by atoms with E-state index in [-0.39, 0.29) is 11.8 Å². The molecule has 1 unspecified atom stereocenters. The van der Waals surface area contributed by atoms with Crippen LogP contribution in [0.1, 0.15) is 42.3 Å². The number of rotatable bonds is 5. The Kier molecular flexibility index (Phi) is 5.98. The van der Waals surface area contributed by atoms with E-state index >= 15 is 0 Å². The maximum atomic E-state index is 13.8. The third kappa shape index (κ3) is 3.93. The fourth-order valence-corrected chi connectivity index (χ4v) is 6.50. The van der Waals surface area contributed by atoms with Crippen molar-refractivity contribution in [3.8, 4) is 0 Å². The molecular weight excluding hydrogens is 442 g/mol. The largest absolute Gasteiger partial charge is 0.326 e. The first-order valence-corrected chi connectivity index (χ1v) is 13.0. The lowest BCUT2D eigenvalue weighted by Crippen LogP contribution is -2.73. The first-order chi connectivity index (χ1) is 16.3. The number of amides is 2. The summed E-state index contributed by atoms with van der Waals surface area (Å²) in [6.45, 7) is 11.3. The van der Waals surface area contributed by atoms with E-state index in [1.54, 1.807) is 4.90 Å². The molecule has 2 aromatic carbocycles. The molecular formula is C28H33N3O2S. The minimum Gasteiger partial charge on any atom is -0.326 e. The second-order valence-corrected chi connectivity index (χ2v) is 11.2. The van der Waals surface area contributed by atoms with Gasteiger partial charge in [0.15, 0.2) is 0 Å². The van der Waals surface area contributed by atoms with Crippen LogP contribution in [0.4, 0.5) is 0 Å². The number of thiophene rings is 1. The molecule has 34 heavy (non-hydrogen) atoms. The third-order valence-corrected chi connectivity index (χ3v) is 8.78. The average molecular weight is 476 g/mol. The first kappa shape index (κ1) is 23.1. The molecule has 0 radical (unpaired) electrons.